The first kappa shape index (κ1) is 20.5. The molecule has 0 atom stereocenters. The van der Waals surface area contributed by atoms with Crippen molar-refractivity contribution in [3.8, 4) is 17.0 Å². The molecule has 0 unspecified atom stereocenters. The van der Waals surface area contributed by atoms with Gasteiger partial charge in [-0.3, -0.25) is 0 Å². The molecule has 1 aliphatic carbocycles. The van der Waals surface area contributed by atoms with Crippen molar-refractivity contribution in [3.63, 3.8) is 0 Å². The molecule has 1 heterocycles. The summed E-state index contributed by atoms with van der Waals surface area (Å²) in [5.41, 5.74) is 2.87. The second-order valence-electron chi connectivity index (χ2n) is 7.05. The van der Waals surface area contributed by atoms with Crippen LogP contribution in [0.1, 0.15) is 18.4 Å². The first-order valence-corrected chi connectivity index (χ1v) is 10.1. The molecule has 4 rings (SSSR count). The molecule has 0 saturated heterocycles. The molecule has 5 nitrogen and oxygen atoms in total. The first-order valence-electron chi connectivity index (χ1n) is 9.30. The Morgan fingerprint density at radius 1 is 1.07 bits per heavy atom. The topological polar surface area (TPSA) is 59.1 Å². The number of hydrogen-bond donors (Lipinski definition) is 2. The number of anilines is 3. The van der Waals surface area contributed by atoms with Gasteiger partial charge in [-0.2, -0.15) is 4.98 Å². The number of alkyl halides is 3. The number of hydrogen-bond acceptors (Lipinski definition) is 5. The number of aryl methyl sites for hydroxylation is 1. The summed E-state index contributed by atoms with van der Waals surface area (Å²) in [4.78, 5) is 9.00. The van der Waals surface area contributed by atoms with Gasteiger partial charge in [-0.15, -0.1) is 13.2 Å². The van der Waals surface area contributed by atoms with E-state index in [9.17, 15) is 13.2 Å². The molecule has 156 valence electrons. The van der Waals surface area contributed by atoms with E-state index in [2.05, 4.69) is 41.3 Å². The van der Waals surface area contributed by atoms with Gasteiger partial charge in [0.15, 0.2) is 0 Å². The van der Waals surface area contributed by atoms with Crippen LogP contribution in [0.3, 0.4) is 0 Å². The van der Waals surface area contributed by atoms with E-state index in [0.717, 1.165) is 28.6 Å². The van der Waals surface area contributed by atoms with Gasteiger partial charge in [0.1, 0.15) is 11.6 Å². The Bertz CT molecular complexity index is 1070. The van der Waals surface area contributed by atoms with Crippen molar-refractivity contribution in [3.05, 3.63) is 58.6 Å². The lowest BCUT2D eigenvalue weighted by Gasteiger charge is -2.13. The molecule has 0 aliphatic heterocycles. The predicted molar refractivity (Wildman–Crippen MR) is 113 cm³/mol. The average molecular weight is 479 g/mol. The summed E-state index contributed by atoms with van der Waals surface area (Å²) in [6, 6.07) is 13.6. The van der Waals surface area contributed by atoms with Gasteiger partial charge < -0.3 is 15.4 Å². The molecule has 1 saturated carbocycles. The number of benzene rings is 2. The largest absolute Gasteiger partial charge is 0.573 e. The van der Waals surface area contributed by atoms with E-state index < -0.39 is 6.36 Å². The molecule has 9 heteroatoms. The van der Waals surface area contributed by atoms with Gasteiger partial charge in [-0.1, -0.05) is 28.1 Å². The van der Waals surface area contributed by atoms with Crippen molar-refractivity contribution in [1.82, 2.24) is 9.97 Å². The van der Waals surface area contributed by atoms with Crippen molar-refractivity contribution in [2.45, 2.75) is 32.2 Å². The number of nitrogens with one attached hydrogen (secondary N) is 2. The summed E-state index contributed by atoms with van der Waals surface area (Å²) in [7, 11) is 0. The molecule has 2 N–H and O–H groups in total. The highest BCUT2D eigenvalue weighted by atomic mass is 79.9. The number of rotatable bonds is 6. The summed E-state index contributed by atoms with van der Waals surface area (Å²) in [6.45, 7) is 1.98. The molecule has 0 amide bonds. The Balaban J connectivity index is 1.67. The molecule has 30 heavy (non-hydrogen) atoms. The lowest BCUT2D eigenvalue weighted by Crippen LogP contribution is -2.17. The fourth-order valence-corrected chi connectivity index (χ4v) is 3.10. The number of aromatic nitrogens is 2. The van der Waals surface area contributed by atoms with E-state index in [1.54, 1.807) is 12.1 Å². The summed E-state index contributed by atoms with van der Waals surface area (Å²) in [5.74, 6) is 0.661. The van der Waals surface area contributed by atoms with Gasteiger partial charge in [-0.05, 0) is 55.7 Å². The van der Waals surface area contributed by atoms with Gasteiger partial charge in [0.05, 0.1) is 5.69 Å². The minimum atomic E-state index is -4.75. The summed E-state index contributed by atoms with van der Waals surface area (Å²) >= 11 is 3.47. The maximum Gasteiger partial charge on any atom is 0.573 e. The Morgan fingerprint density at radius 2 is 1.87 bits per heavy atom. The summed E-state index contributed by atoms with van der Waals surface area (Å²) in [5, 5.41) is 6.49. The monoisotopic (exact) mass is 478 g/mol. The summed E-state index contributed by atoms with van der Waals surface area (Å²) < 4.78 is 42.8. The van der Waals surface area contributed by atoms with Crippen LogP contribution in [-0.4, -0.2) is 22.4 Å². The molecular formula is C21H18BrF3N4O. The van der Waals surface area contributed by atoms with Gasteiger partial charge in [0.2, 0.25) is 5.95 Å². The molecule has 1 aromatic heterocycles. The quantitative estimate of drug-likeness (QED) is 0.427. The van der Waals surface area contributed by atoms with Crippen LogP contribution in [-0.2, 0) is 0 Å². The smallest absolute Gasteiger partial charge is 0.406 e. The third-order valence-electron chi connectivity index (χ3n) is 4.43. The highest BCUT2D eigenvalue weighted by Crippen LogP contribution is 2.31. The zero-order chi connectivity index (χ0) is 21.3. The van der Waals surface area contributed by atoms with Crippen molar-refractivity contribution < 1.29 is 17.9 Å². The SMILES string of the molecule is Cc1cc(Nc2cc(-c3cccc(OC(F)(F)F)c3)nc(NC3CC3)n2)ccc1Br. The van der Waals surface area contributed by atoms with E-state index in [1.165, 1.54) is 18.2 Å². The van der Waals surface area contributed by atoms with Crippen LogP contribution >= 0.6 is 15.9 Å². The van der Waals surface area contributed by atoms with E-state index in [0.29, 0.717) is 29.1 Å². The van der Waals surface area contributed by atoms with E-state index in [1.807, 2.05) is 25.1 Å². The lowest BCUT2D eigenvalue weighted by atomic mass is 10.1. The van der Waals surface area contributed by atoms with Crippen molar-refractivity contribution in [1.29, 1.82) is 0 Å². The van der Waals surface area contributed by atoms with E-state index in [-0.39, 0.29) is 5.75 Å². The van der Waals surface area contributed by atoms with Crippen molar-refractivity contribution in [2.24, 2.45) is 0 Å². The van der Waals surface area contributed by atoms with Crippen LogP contribution < -0.4 is 15.4 Å². The molecule has 2 aromatic carbocycles. The maximum atomic E-state index is 12.6. The molecule has 1 aliphatic rings. The van der Waals surface area contributed by atoms with E-state index >= 15 is 0 Å². The molecular weight excluding hydrogens is 461 g/mol. The highest BCUT2D eigenvalue weighted by Gasteiger charge is 2.31. The van der Waals surface area contributed by atoms with Gasteiger partial charge in [-0.25, -0.2) is 4.98 Å². The molecule has 0 spiro atoms. The van der Waals surface area contributed by atoms with E-state index in [4.69, 9.17) is 0 Å². The second kappa shape index (κ2) is 8.14. The third-order valence-corrected chi connectivity index (χ3v) is 5.32. The molecule has 0 radical (unpaired) electrons. The third kappa shape index (κ3) is 5.41. The zero-order valence-electron chi connectivity index (χ0n) is 15.9. The Morgan fingerprint density at radius 3 is 2.57 bits per heavy atom. The van der Waals surface area contributed by atoms with Crippen molar-refractivity contribution in [2.75, 3.05) is 10.6 Å². The Labute approximate surface area is 179 Å². The van der Waals surface area contributed by atoms with Gasteiger partial charge >= 0.3 is 6.36 Å². The van der Waals surface area contributed by atoms with Crippen LogP contribution in [0.4, 0.5) is 30.6 Å². The predicted octanol–water partition coefficient (Wildman–Crippen LogP) is 6.43. The number of halogens is 4. The van der Waals surface area contributed by atoms with Crippen LogP contribution in [0.5, 0.6) is 5.75 Å². The van der Waals surface area contributed by atoms with Gasteiger partial charge in [0.25, 0.3) is 0 Å². The van der Waals surface area contributed by atoms with Crippen molar-refractivity contribution >= 4 is 33.4 Å². The van der Waals surface area contributed by atoms with Crippen LogP contribution in [0.25, 0.3) is 11.3 Å². The fraction of sp³-hybridized carbons (Fsp3) is 0.238. The standard InChI is InChI=1S/C21H18BrF3N4O/c1-12-9-15(7-8-17(12)22)26-19-11-18(28-20(29-19)27-14-5-6-14)13-3-2-4-16(10-13)30-21(23,24)25/h2-4,7-11,14H,5-6H2,1H3,(H2,26,27,28,29). The fourth-order valence-electron chi connectivity index (χ4n) is 2.86. The normalized spacial score (nSPS) is 13.8. The Kier molecular flexibility index (Phi) is 5.55. The molecule has 0 bridgehead atoms. The second-order valence-corrected chi connectivity index (χ2v) is 7.90. The highest BCUT2D eigenvalue weighted by molar-refractivity contribution is 9.10. The van der Waals surface area contributed by atoms with Crippen LogP contribution in [0.15, 0.2) is 53.0 Å². The number of ether oxygens (including phenoxy) is 1. The average Bonchev–Trinajstić information content (AvgIpc) is 3.47. The zero-order valence-corrected chi connectivity index (χ0v) is 17.5. The molecule has 1 fully saturated rings. The minimum absolute atomic E-state index is 0.298. The first-order chi connectivity index (χ1) is 14.2. The molecule has 3 aromatic rings. The van der Waals surface area contributed by atoms with Crippen LogP contribution in [0.2, 0.25) is 0 Å². The Hall–Kier alpha value is -2.81. The van der Waals surface area contributed by atoms with Gasteiger partial charge in [0, 0.05) is 27.8 Å². The minimum Gasteiger partial charge on any atom is -0.406 e. The summed E-state index contributed by atoms with van der Waals surface area (Å²) in [6.07, 6.45) is -2.68. The number of nitrogens with zero attached hydrogens (tertiary/aromatic N) is 2. The maximum absolute atomic E-state index is 12.6. The van der Waals surface area contributed by atoms with Crippen LogP contribution in [0, 0.1) is 6.92 Å². The lowest BCUT2D eigenvalue weighted by molar-refractivity contribution is -0.274.